The number of ether oxygens (including phenoxy) is 1. The molecule has 1 saturated heterocycles. The van der Waals surface area contributed by atoms with Crippen molar-refractivity contribution in [1.82, 2.24) is 9.97 Å². The van der Waals surface area contributed by atoms with E-state index in [2.05, 4.69) is 9.97 Å². The molecule has 1 aromatic heterocycles. The molecule has 0 N–H and O–H groups in total. The number of aromatic nitrogens is 2. The molecule has 1 aromatic rings. The van der Waals surface area contributed by atoms with Gasteiger partial charge in [0.15, 0.2) is 0 Å². The summed E-state index contributed by atoms with van der Waals surface area (Å²) in [7, 11) is 0. The first-order chi connectivity index (χ1) is 7.70. The van der Waals surface area contributed by atoms with Crippen LogP contribution in [0.25, 0.3) is 0 Å². The summed E-state index contributed by atoms with van der Waals surface area (Å²) < 4.78 is 5.53. The Kier molecular flexibility index (Phi) is 4.00. The fourth-order valence-electron chi connectivity index (χ4n) is 1.86. The number of hydrogen-bond acceptors (Lipinski definition) is 3. The Bertz CT molecular complexity index is 355. The molecule has 0 aromatic carbocycles. The summed E-state index contributed by atoms with van der Waals surface area (Å²) in [6.07, 6.45) is 3.84. The summed E-state index contributed by atoms with van der Waals surface area (Å²) in [5.41, 5.74) is 0.819. The molecule has 1 atom stereocenters. The van der Waals surface area contributed by atoms with Gasteiger partial charge in [-0.25, -0.2) is 9.97 Å². The van der Waals surface area contributed by atoms with E-state index in [9.17, 15) is 0 Å². The smallest absolute Gasteiger partial charge is 0.137 e. The van der Waals surface area contributed by atoms with Crippen molar-refractivity contribution in [2.24, 2.45) is 0 Å². The molecule has 3 nitrogen and oxygen atoms in total. The van der Waals surface area contributed by atoms with Crippen LogP contribution in [-0.2, 0) is 17.6 Å². The van der Waals surface area contributed by atoms with Gasteiger partial charge in [-0.05, 0) is 19.3 Å². The molecular formula is C11H14Cl2N2O. The summed E-state index contributed by atoms with van der Waals surface area (Å²) in [5, 5.41) is 0.936. The zero-order chi connectivity index (χ0) is 11.5. The molecule has 5 heteroatoms. The highest BCUT2D eigenvalue weighted by atomic mass is 35.5. The van der Waals surface area contributed by atoms with E-state index in [1.165, 1.54) is 0 Å². The van der Waals surface area contributed by atoms with Gasteiger partial charge in [0.2, 0.25) is 0 Å². The van der Waals surface area contributed by atoms with E-state index in [-0.39, 0.29) is 6.10 Å². The minimum absolute atomic E-state index is 0.222. The SMILES string of the molecule is CCc1c(Cl)nc(CC2CCCO2)nc1Cl. The van der Waals surface area contributed by atoms with Gasteiger partial charge in [-0.1, -0.05) is 30.1 Å². The van der Waals surface area contributed by atoms with E-state index in [0.29, 0.717) is 22.6 Å². The van der Waals surface area contributed by atoms with Gasteiger partial charge in [-0.15, -0.1) is 0 Å². The molecule has 1 fully saturated rings. The van der Waals surface area contributed by atoms with Crippen molar-refractivity contribution < 1.29 is 4.74 Å². The Labute approximate surface area is 105 Å². The Balaban J connectivity index is 2.15. The Hall–Kier alpha value is -0.380. The van der Waals surface area contributed by atoms with Gasteiger partial charge in [0.05, 0.1) is 6.10 Å². The topological polar surface area (TPSA) is 35.0 Å². The van der Waals surface area contributed by atoms with Crippen molar-refractivity contribution in [2.45, 2.75) is 38.7 Å². The third-order valence-corrected chi connectivity index (χ3v) is 3.37. The second-order valence-electron chi connectivity index (χ2n) is 3.89. The molecule has 0 bridgehead atoms. The van der Waals surface area contributed by atoms with Crippen molar-refractivity contribution in [2.75, 3.05) is 6.61 Å². The number of halogens is 2. The molecule has 2 heterocycles. The summed E-state index contributed by atoms with van der Waals surface area (Å²) in [4.78, 5) is 8.52. The van der Waals surface area contributed by atoms with Crippen LogP contribution in [0.1, 0.15) is 31.2 Å². The van der Waals surface area contributed by atoms with Crippen LogP contribution in [0.15, 0.2) is 0 Å². The van der Waals surface area contributed by atoms with E-state index < -0.39 is 0 Å². The number of rotatable bonds is 3. The van der Waals surface area contributed by atoms with E-state index in [1.807, 2.05) is 6.92 Å². The minimum atomic E-state index is 0.222. The third-order valence-electron chi connectivity index (χ3n) is 2.74. The first-order valence-corrected chi connectivity index (χ1v) is 6.28. The Morgan fingerprint density at radius 1 is 1.31 bits per heavy atom. The van der Waals surface area contributed by atoms with E-state index >= 15 is 0 Å². The molecule has 88 valence electrons. The minimum Gasteiger partial charge on any atom is -0.378 e. The third kappa shape index (κ3) is 2.65. The summed E-state index contributed by atoms with van der Waals surface area (Å²) in [5.74, 6) is 0.680. The van der Waals surface area contributed by atoms with Crippen LogP contribution in [0, 0.1) is 0 Å². The quantitative estimate of drug-likeness (QED) is 0.784. The highest BCUT2D eigenvalue weighted by Crippen LogP contribution is 2.23. The first kappa shape index (κ1) is 12.1. The molecule has 1 unspecified atom stereocenters. The maximum absolute atomic E-state index is 6.04. The van der Waals surface area contributed by atoms with Gasteiger partial charge >= 0.3 is 0 Å². The normalized spacial score (nSPS) is 20.3. The average Bonchev–Trinajstić information content (AvgIpc) is 2.70. The fraction of sp³-hybridized carbons (Fsp3) is 0.636. The van der Waals surface area contributed by atoms with E-state index in [0.717, 1.165) is 31.4 Å². The van der Waals surface area contributed by atoms with Crippen LogP contribution in [0.3, 0.4) is 0 Å². The van der Waals surface area contributed by atoms with Gasteiger partial charge < -0.3 is 4.74 Å². The van der Waals surface area contributed by atoms with Crippen molar-refractivity contribution in [3.8, 4) is 0 Å². The zero-order valence-corrected chi connectivity index (χ0v) is 10.7. The molecule has 0 amide bonds. The van der Waals surface area contributed by atoms with Gasteiger partial charge in [0.1, 0.15) is 16.1 Å². The highest BCUT2D eigenvalue weighted by molar-refractivity contribution is 6.34. The van der Waals surface area contributed by atoms with E-state index in [4.69, 9.17) is 27.9 Å². The van der Waals surface area contributed by atoms with Gasteiger partial charge in [-0.3, -0.25) is 0 Å². The molecule has 1 aliphatic rings. The van der Waals surface area contributed by atoms with Gasteiger partial charge in [-0.2, -0.15) is 0 Å². The fourth-order valence-corrected chi connectivity index (χ4v) is 2.55. The Morgan fingerprint density at radius 3 is 2.50 bits per heavy atom. The molecular weight excluding hydrogens is 247 g/mol. The molecule has 0 spiro atoms. The van der Waals surface area contributed by atoms with Crippen LogP contribution in [0.4, 0.5) is 0 Å². The van der Waals surface area contributed by atoms with Crippen molar-refractivity contribution in [1.29, 1.82) is 0 Å². The lowest BCUT2D eigenvalue weighted by Gasteiger charge is -2.10. The van der Waals surface area contributed by atoms with Crippen molar-refractivity contribution in [3.05, 3.63) is 21.7 Å². The van der Waals surface area contributed by atoms with Crippen molar-refractivity contribution in [3.63, 3.8) is 0 Å². The average molecular weight is 261 g/mol. The van der Waals surface area contributed by atoms with Crippen LogP contribution in [-0.4, -0.2) is 22.7 Å². The summed E-state index contributed by atoms with van der Waals surface area (Å²) in [6, 6.07) is 0. The Morgan fingerprint density at radius 2 is 2.00 bits per heavy atom. The maximum atomic E-state index is 6.04. The van der Waals surface area contributed by atoms with Crippen LogP contribution in [0.5, 0.6) is 0 Å². The molecule has 0 radical (unpaired) electrons. The zero-order valence-electron chi connectivity index (χ0n) is 9.17. The van der Waals surface area contributed by atoms with Gasteiger partial charge in [0.25, 0.3) is 0 Å². The highest BCUT2D eigenvalue weighted by Gasteiger charge is 2.19. The molecule has 0 aliphatic carbocycles. The molecule has 16 heavy (non-hydrogen) atoms. The molecule has 0 saturated carbocycles. The van der Waals surface area contributed by atoms with Crippen LogP contribution in [0.2, 0.25) is 10.3 Å². The predicted octanol–water partition coefficient (Wildman–Crippen LogP) is 3.07. The maximum Gasteiger partial charge on any atom is 0.137 e. The second-order valence-corrected chi connectivity index (χ2v) is 4.61. The summed E-state index contributed by atoms with van der Waals surface area (Å²) in [6.45, 7) is 2.81. The number of hydrogen-bond donors (Lipinski definition) is 0. The van der Waals surface area contributed by atoms with Crippen LogP contribution >= 0.6 is 23.2 Å². The monoisotopic (exact) mass is 260 g/mol. The summed E-state index contributed by atoms with van der Waals surface area (Å²) >= 11 is 12.1. The lowest BCUT2D eigenvalue weighted by Crippen LogP contribution is -2.12. The van der Waals surface area contributed by atoms with Crippen molar-refractivity contribution >= 4 is 23.2 Å². The lowest BCUT2D eigenvalue weighted by atomic mass is 10.1. The lowest BCUT2D eigenvalue weighted by molar-refractivity contribution is 0.110. The second kappa shape index (κ2) is 5.30. The number of nitrogens with zero attached hydrogens (tertiary/aromatic N) is 2. The first-order valence-electron chi connectivity index (χ1n) is 5.53. The predicted molar refractivity (Wildman–Crippen MR) is 64.1 cm³/mol. The molecule has 1 aliphatic heterocycles. The largest absolute Gasteiger partial charge is 0.378 e. The van der Waals surface area contributed by atoms with Crippen LogP contribution < -0.4 is 0 Å². The standard InChI is InChI=1S/C11H14Cl2N2O/c1-2-8-10(12)14-9(15-11(8)13)6-7-4-3-5-16-7/h7H,2-6H2,1H3. The van der Waals surface area contributed by atoms with Gasteiger partial charge in [0, 0.05) is 18.6 Å². The molecule has 2 rings (SSSR count). The van der Waals surface area contributed by atoms with E-state index in [1.54, 1.807) is 0 Å².